The van der Waals surface area contributed by atoms with E-state index in [9.17, 15) is 13.2 Å². The molecule has 0 atom stereocenters. The van der Waals surface area contributed by atoms with Crippen LogP contribution in [0.15, 0.2) is 42.7 Å². The van der Waals surface area contributed by atoms with Gasteiger partial charge in [-0.2, -0.15) is 13.2 Å². The number of rotatable bonds is 6. The summed E-state index contributed by atoms with van der Waals surface area (Å²) in [5.74, 6) is 2.52. The molecule has 0 bridgehead atoms. The van der Waals surface area contributed by atoms with Gasteiger partial charge in [-0.15, -0.1) is 0 Å². The zero-order chi connectivity index (χ0) is 22.6. The van der Waals surface area contributed by atoms with Gasteiger partial charge >= 0.3 is 6.18 Å². The Morgan fingerprint density at radius 2 is 1.81 bits per heavy atom. The number of aromatic nitrogens is 3. The summed E-state index contributed by atoms with van der Waals surface area (Å²) in [6.07, 6.45) is 5.73. The number of benzene rings is 1. The summed E-state index contributed by atoms with van der Waals surface area (Å²) < 4.78 is 49.2. The molecule has 32 heavy (non-hydrogen) atoms. The van der Waals surface area contributed by atoms with Gasteiger partial charge in [-0.1, -0.05) is 25.7 Å². The van der Waals surface area contributed by atoms with E-state index in [0.29, 0.717) is 23.1 Å². The fourth-order valence-electron chi connectivity index (χ4n) is 4.02. The number of halogens is 3. The highest BCUT2D eigenvalue weighted by Crippen LogP contribution is 2.35. The Bertz CT molecular complexity index is 1020. The first-order chi connectivity index (χ1) is 15.4. The fourth-order valence-corrected chi connectivity index (χ4v) is 4.02. The lowest BCUT2D eigenvalue weighted by atomic mass is 10.00. The summed E-state index contributed by atoms with van der Waals surface area (Å²) in [7, 11) is 1.55. The van der Waals surface area contributed by atoms with Crippen LogP contribution in [0.3, 0.4) is 0 Å². The average molecular weight is 445 g/mol. The van der Waals surface area contributed by atoms with Crippen molar-refractivity contribution < 1.29 is 22.6 Å². The van der Waals surface area contributed by atoms with Crippen molar-refractivity contribution in [1.82, 2.24) is 15.0 Å². The molecule has 0 spiro atoms. The van der Waals surface area contributed by atoms with Gasteiger partial charge in [-0.05, 0) is 43.2 Å². The predicted molar refractivity (Wildman–Crippen MR) is 115 cm³/mol. The number of hydrogen-bond donors (Lipinski definition) is 1. The Morgan fingerprint density at radius 1 is 1.03 bits per heavy atom. The van der Waals surface area contributed by atoms with E-state index in [0.717, 1.165) is 29.3 Å². The van der Waals surface area contributed by atoms with Gasteiger partial charge in [0.2, 0.25) is 0 Å². The van der Waals surface area contributed by atoms with Gasteiger partial charge in [0, 0.05) is 23.9 Å². The minimum Gasteiger partial charge on any atom is -0.493 e. The Morgan fingerprint density at radius 3 is 2.47 bits per heavy atom. The van der Waals surface area contributed by atoms with Gasteiger partial charge in [0.25, 0.3) is 0 Å². The first-order valence-electron chi connectivity index (χ1n) is 10.8. The van der Waals surface area contributed by atoms with Crippen molar-refractivity contribution >= 4 is 0 Å². The number of ether oxygens (including phenoxy) is 2. The van der Waals surface area contributed by atoms with Crippen LogP contribution in [-0.4, -0.2) is 22.1 Å². The highest BCUT2D eigenvalue weighted by molar-refractivity contribution is 5.63. The van der Waals surface area contributed by atoms with Crippen LogP contribution in [0.25, 0.3) is 11.3 Å². The standard InChI is InChI=1S/C24H26F3N3O2/c1-31-22-12-17(20-14-29-23(30-20)16-6-4-2-3-5-7-16)8-11-21(22)32-15-19-10-9-18(13-28-19)24(25,26)27/h8-14,16H,2-7,15H2,1H3,(H,29,30). The third kappa shape index (κ3) is 5.23. The lowest BCUT2D eigenvalue weighted by molar-refractivity contribution is -0.137. The molecule has 5 nitrogen and oxygen atoms in total. The highest BCUT2D eigenvalue weighted by atomic mass is 19.4. The maximum absolute atomic E-state index is 12.7. The Hall–Kier alpha value is -3.03. The molecule has 1 aromatic carbocycles. The first-order valence-corrected chi connectivity index (χ1v) is 10.8. The largest absolute Gasteiger partial charge is 0.493 e. The Balaban J connectivity index is 1.45. The maximum Gasteiger partial charge on any atom is 0.417 e. The molecule has 0 radical (unpaired) electrons. The van der Waals surface area contributed by atoms with E-state index in [2.05, 4.69) is 9.97 Å². The SMILES string of the molecule is COc1cc(-c2c[nH]c(C3CCCCCC3)n2)ccc1OCc1ccc(C(F)(F)F)cn1. The molecule has 1 fully saturated rings. The predicted octanol–water partition coefficient (Wildman–Crippen LogP) is 6.52. The van der Waals surface area contributed by atoms with Gasteiger partial charge < -0.3 is 14.5 Å². The number of aromatic amines is 1. The minimum absolute atomic E-state index is 0.0298. The summed E-state index contributed by atoms with van der Waals surface area (Å²) in [5.41, 5.74) is 1.35. The maximum atomic E-state index is 12.7. The second-order valence-electron chi connectivity index (χ2n) is 8.05. The number of nitrogens with zero attached hydrogens (tertiary/aromatic N) is 2. The number of nitrogens with one attached hydrogen (secondary N) is 1. The molecule has 2 aromatic heterocycles. The quantitative estimate of drug-likeness (QED) is 0.439. The van der Waals surface area contributed by atoms with Crippen LogP contribution >= 0.6 is 0 Å². The third-order valence-corrected chi connectivity index (χ3v) is 5.83. The van der Waals surface area contributed by atoms with Gasteiger partial charge in [-0.25, -0.2) is 4.98 Å². The summed E-state index contributed by atoms with van der Waals surface area (Å²) in [4.78, 5) is 12.0. The van der Waals surface area contributed by atoms with E-state index < -0.39 is 11.7 Å². The van der Waals surface area contributed by atoms with E-state index in [-0.39, 0.29) is 6.61 Å². The molecular formula is C24H26F3N3O2. The van der Waals surface area contributed by atoms with Crippen molar-refractivity contribution in [2.75, 3.05) is 7.11 Å². The van der Waals surface area contributed by atoms with Crippen molar-refractivity contribution in [1.29, 1.82) is 0 Å². The lowest BCUT2D eigenvalue weighted by Gasteiger charge is -2.12. The van der Waals surface area contributed by atoms with Crippen LogP contribution in [0, 0.1) is 0 Å². The normalized spacial score (nSPS) is 15.4. The van der Waals surface area contributed by atoms with Crippen LogP contribution in [0.2, 0.25) is 0 Å². The molecule has 0 unspecified atom stereocenters. The molecule has 1 N–H and O–H groups in total. The lowest BCUT2D eigenvalue weighted by Crippen LogP contribution is -2.07. The molecule has 0 saturated heterocycles. The second kappa shape index (κ2) is 9.63. The van der Waals surface area contributed by atoms with E-state index in [4.69, 9.17) is 14.5 Å². The molecule has 3 aromatic rings. The van der Waals surface area contributed by atoms with E-state index in [1.807, 2.05) is 18.3 Å². The minimum atomic E-state index is -4.41. The smallest absolute Gasteiger partial charge is 0.417 e. The van der Waals surface area contributed by atoms with Crippen LogP contribution < -0.4 is 9.47 Å². The molecule has 170 valence electrons. The second-order valence-corrected chi connectivity index (χ2v) is 8.05. The Labute approximate surface area is 185 Å². The van der Waals surface area contributed by atoms with Crippen LogP contribution in [0.4, 0.5) is 13.2 Å². The van der Waals surface area contributed by atoms with E-state index in [1.54, 1.807) is 13.2 Å². The molecule has 1 saturated carbocycles. The van der Waals surface area contributed by atoms with Gasteiger partial charge in [-0.3, -0.25) is 4.98 Å². The van der Waals surface area contributed by atoms with Crippen LogP contribution in [0.5, 0.6) is 11.5 Å². The molecule has 1 aliphatic carbocycles. The molecule has 0 amide bonds. The number of pyridine rings is 1. The van der Waals surface area contributed by atoms with Gasteiger partial charge in [0.15, 0.2) is 11.5 Å². The summed E-state index contributed by atoms with van der Waals surface area (Å²) in [6.45, 7) is 0.0298. The first kappa shape index (κ1) is 22.2. The molecular weight excluding hydrogens is 419 g/mol. The van der Waals surface area contributed by atoms with Crippen molar-refractivity contribution in [3.63, 3.8) is 0 Å². The van der Waals surface area contributed by atoms with Crippen molar-refractivity contribution in [2.24, 2.45) is 0 Å². The van der Waals surface area contributed by atoms with Gasteiger partial charge in [0.05, 0.1) is 24.1 Å². The summed E-state index contributed by atoms with van der Waals surface area (Å²) >= 11 is 0. The van der Waals surface area contributed by atoms with Crippen LogP contribution in [0.1, 0.15) is 61.5 Å². The van der Waals surface area contributed by atoms with Gasteiger partial charge in [0.1, 0.15) is 12.4 Å². The fraction of sp³-hybridized carbons (Fsp3) is 0.417. The number of imidazole rings is 1. The van der Waals surface area contributed by atoms with Crippen molar-refractivity contribution in [3.05, 3.63) is 59.8 Å². The summed E-state index contributed by atoms with van der Waals surface area (Å²) in [6, 6.07) is 7.82. The average Bonchev–Trinajstić information content (AvgIpc) is 3.12. The van der Waals surface area contributed by atoms with E-state index in [1.165, 1.54) is 44.6 Å². The number of H-pyrrole nitrogens is 1. The number of alkyl halides is 3. The highest BCUT2D eigenvalue weighted by Gasteiger charge is 2.30. The molecule has 1 aliphatic rings. The third-order valence-electron chi connectivity index (χ3n) is 5.83. The zero-order valence-electron chi connectivity index (χ0n) is 17.9. The Kier molecular flexibility index (Phi) is 6.67. The van der Waals surface area contributed by atoms with Crippen molar-refractivity contribution in [3.8, 4) is 22.8 Å². The number of hydrogen-bond acceptors (Lipinski definition) is 4. The molecule has 2 heterocycles. The van der Waals surface area contributed by atoms with Crippen molar-refractivity contribution in [2.45, 2.75) is 57.2 Å². The molecule has 4 rings (SSSR count). The molecule has 8 heteroatoms. The topological polar surface area (TPSA) is 60.0 Å². The number of methoxy groups -OCH3 is 1. The molecule has 0 aliphatic heterocycles. The monoisotopic (exact) mass is 445 g/mol. The van der Waals surface area contributed by atoms with E-state index >= 15 is 0 Å². The van der Waals surface area contributed by atoms with Crippen LogP contribution in [-0.2, 0) is 12.8 Å². The zero-order valence-corrected chi connectivity index (χ0v) is 17.9. The summed E-state index contributed by atoms with van der Waals surface area (Å²) in [5, 5.41) is 0.